The number of rotatable bonds is 35. The van der Waals surface area contributed by atoms with Gasteiger partial charge in [0.2, 0.25) is 0 Å². The lowest BCUT2D eigenvalue weighted by molar-refractivity contribution is -0.161. The molecule has 0 saturated heterocycles. The van der Waals surface area contributed by atoms with Crippen LogP contribution < -0.4 is 0 Å². The highest BCUT2D eigenvalue weighted by Gasteiger charge is 2.16. The third-order valence-electron chi connectivity index (χ3n) is 7.94. The van der Waals surface area contributed by atoms with Crippen molar-refractivity contribution in [1.82, 2.24) is 0 Å². The van der Waals surface area contributed by atoms with Gasteiger partial charge in [-0.1, -0.05) is 154 Å². The molecular formula is C49H74O5. The van der Waals surface area contributed by atoms with E-state index in [0.29, 0.717) is 12.8 Å². The van der Waals surface area contributed by atoms with Gasteiger partial charge in [-0.2, -0.15) is 0 Å². The van der Waals surface area contributed by atoms with E-state index in [0.717, 1.165) is 109 Å². The SMILES string of the molecule is CC/C=C\C/C=C\C/C=C\C/C=C\C/C=C\C/C=C\C/C=C\C/C=C\CCCCC(=O)OC(CO)COC(=O)CCCCC/C=C\C/C=C\C/C=C\CC. The first kappa shape index (κ1) is 50.0. The van der Waals surface area contributed by atoms with Crippen molar-refractivity contribution < 1.29 is 24.2 Å². The molecule has 0 spiro atoms. The Bertz CT molecular complexity index is 1200. The highest BCUT2D eigenvalue weighted by molar-refractivity contribution is 5.70. The summed E-state index contributed by atoms with van der Waals surface area (Å²) in [4.78, 5) is 24.2. The maximum absolute atomic E-state index is 12.2. The molecule has 0 aliphatic heterocycles. The Morgan fingerprint density at radius 3 is 1.11 bits per heavy atom. The Balaban J connectivity index is 3.76. The van der Waals surface area contributed by atoms with Crippen LogP contribution in [0.1, 0.15) is 142 Å². The number of allylic oxidation sites excluding steroid dienone is 22. The fourth-order valence-corrected chi connectivity index (χ4v) is 4.87. The number of ether oxygens (including phenoxy) is 2. The molecule has 0 aromatic heterocycles. The summed E-state index contributed by atoms with van der Waals surface area (Å²) in [6, 6.07) is 0. The Morgan fingerprint density at radius 2 is 0.741 bits per heavy atom. The van der Waals surface area contributed by atoms with Crippen LogP contribution in [0.3, 0.4) is 0 Å². The van der Waals surface area contributed by atoms with E-state index < -0.39 is 6.10 Å². The average molecular weight is 743 g/mol. The second-order valence-electron chi connectivity index (χ2n) is 12.9. The van der Waals surface area contributed by atoms with Crippen LogP contribution in [0, 0.1) is 0 Å². The highest BCUT2D eigenvalue weighted by atomic mass is 16.6. The van der Waals surface area contributed by atoms with E-state index >= 15 is 0 Å². The number of aliphatic hydroxyl groups is 1. The van der Waals surface area contributed by atoms with Crippen LogP contribution in [0.15, 0.2) is 134 Å². The van der Waals surface area contributed by atoms with Gasteiger partial charge in [0.1, 0.15) is 6.61 Å². The minimum Gasteiger partial charge on any atom is -0.462 e. The van der Waals surface area contributed by atoms with E-state index in [1.165, 1.54) is 0 Å². The summed E-state index contributed by atoms with van der Waals surface area (Å²) in [5.41, 5.74) is 0. The van der Waals surface area contributed by atoms with Crippen molar-refractivity contribution >= 4 is 11.9 Å². The lowest BCUT2D eigenvalue weighted by Crippen LogP contribution is -2.28. The summed E-state index contributed by atoms with van der Waals surface area (Å²) in [7, 11) is 0. The molecule has 0 aromatic carbocycles. The molecule has 0 aromatic rings. The number of hydrogen-bond acceptors (Lipinski definition) is 5. The molecule has 0 saturated carbocycles. The molecular weight excluding hydrogens is 669 g/mol. The van der Waals surface area contributed by atoms with Gasteiger partial charge < -0.3 is 14.6 Å². The summed E-state index contributed by atoms with van der Waals surface area (Å²) in [6.07, 6.45) is 65.2. The highest BCUT2D eigenvalue weighted by Crippen LogP contribution is 2.08. The molecule has 0 amide bonds. The zero-order valence-corrected chi connectivity index (χ0v) is 33.9. The van der Waals surface area contributed by atoms with Crippen molar-refractivity contribution in [1.29, 1.82) is 0 Å². The first-order chi connectivity index (χ1) is 26.6. The third kappa shape index (κ3) is 40.8. The van der Waals surface area contributed by atoms with E-state index in [9.17, 15) is 14.7 Å². The van der Waals surface area contributed by atoms with Crippen molar-refractivity contribution in [3.05, 3.63) is 134 Å². The van der Waals surface area contributed by atoms with Crippen LogP contribution in [0.2, 0.25) is 0 Å². The summed E-state index contributed by atoms with van der Waals surface area (Å²) < 4.78 is 10.5. The monoisotopic (exact) mass is 743 g/mol. The fourth-order valence-electron chi connectivity index (χ4n) is 4.87. The van der Waals surface area contributed by atoms with Gasteiger partial charge in [-0.25, -0.2) is 0 Å². The molecule has 0 rings (SSSR count). The molecule has 54 heavy (non-hydrogen) atoms. The van der Waals surface area contributed by atoms with Gasteiger partial charge in [0, 0.05) is 12.8 Å². The van der Waals surface area contributed by atoms with Crippen LogP contribution in [0.5, 0.6) is 0 Å². The van der Waals surface area contributed by atoms with Crippen molar-refractivity contribution in [2.75, 3.05) is 13.2 Å². The van der Waals surface area contributed by atoms with Crippen LogP contribution in [0.4, 0.5) is 0 Å². The topological polar surface area (TPSA) is 72.8 Å². The Morgan fingerprint density at radius 1 is 0.426 bits per heavy atom. The van der Waals surface area contributed by atoms with Crippen molar-refractivity contribution in [2.24, 2.45) is 0 Å². The lowest BCUT2D eigenvalue weighted by atomic mass is 10.1. The second kappa shape index (κ2) is 43.4. The van der Waals surface area contributed by atoms with Gasteiger partial charge in [-0.05, 0) is 109 Å². The molecule has 1 unspecified atom stereocenters. The van der Waals surface area contributed by atoms with Gasteiger partial charge >= 0.3 is 11.9 Å². The average Bonchev–Trinajstić information content (AvgIpc) is 3.17. The van der Waals surface area contributed by atoms with Crippen molar-refractivity contribution in [3.63, 3.8) is 0 Å². The fraction of sp³-hybridized carbons (Fsp3) is 0.510. The van der Waals surface area contributed by atoms with Gasteiger partial charge in [0.25, 0.3) is 0 Å². The second-order valence-corrected chi connectivity index (χ2v) is 12.9. The standard InChI is InChI=1S/C49H74O5/c1-3-5-7-9-11-13-15-17-18-19-20-21-22-23-24-25-26-27-28-29-30-32-34-36-38-40-42-44-49(52)54-47(45-50)46-53-48(51)43-41-39-37-35-33-31-16-14-12-10-8-6-4-2/h5-8,11-14,17-18,20-21,23-24,26-27,29-31,33-34,36,47,50H,3-4,9-10,15-16,19,22,25,28,32,35,37-46H2,1-2H3/b7-5-,8-6-,13-11-,14-12-,18-17-,21-20-,24-23-,27-26-,30-29-,33-31-,36-34-. The molecule has 0 radical (unpaired) electrons. The molecule has 5 heteroatoms. The van der Waals surface area contributed by atoms with E-state index in [4.69, 9.17) is 9.47 Å². The van der Waals surface area contributed by atoms with Gasteiger partial charge in [-0.3, -0.25) is 9.59 Å². The predicted molar refractivity (Wildman–Crippen MR) is 232 cm³/mol. The third-order valence-corrected chi connectivity index (χ3v) is 7.94. The van der Waals surface area contributed by atoms with E-state index in [1.807, 2.05) is 0 Å². The van der Waals surface area contributed by atoms with E-state index in [-0.39, 0.29) is 31.6 Å². The van der Waals surface area contributed by atoms with Gasteiger partial charge in [-0.15, -0.1) is 0 Å². The van der Waals surface area contributed by atoms with Crippen LogP contribution in [0.25, 0.3) is 0 Å². The number of carbonyl (C=O) groups excluding carboxylic acids is 2. The van der Waals surface area contributed by atoms with Crippen LogP contribution in [-0.2, 0) is 19.1 Å². The minimum absolute atomic E-state index is 0.109. The largest absolute Gasteiger partial charge is 0.462 e. The van der Waals surface area contributed by atoms with E-state index in [2.05, 4.69) is 148 Å². The number of hydrogen-bond donors (Lipinski definition) is 1. The normalized spacial score (nSPS) is 13.6. The number of aliphatic hydroxyl groups excluding tert-OH is 1. The van der Waals surface area contributed by atoms with Crippen LogP contribution >= 0.6 is 0 Å². The smallest absolute Gasteiger partial charge is 0.306 e. The molecule has 0 bridgehead atoms. The molecule has 0 heterocycles. The predicted octanol–water partition coefficient (Wildman–Crippen LogP) is 13.4. The first-order valence-electron chi connectivity index (χ1n) is 20.7. The quantitative estimate of drug-likeness (QED) is 0.0398. The molecule has 1 N–H and O–H groups in total. The number of carbonyl (C=O) groups is 2. The number of unbranched alkanes of at least 4 members (excludes halogenated alkanes) is 5. The van der Waals surface area contributed by atoms with Crippen molar-refractivity contribution in [2.45, 2.75) is 148 Å². The van der Waals surface area contributed by atoms with Gasteiger partial charge in [0.05, 0.1) is 6.61 Å². The van der Waals surface area contributed by atoms with Crippen LogP contribution in [-0.4, -0.2) is 36.4 Å². The maximum atomic E-state index is 12.2. The summed E-state index contributed by atoms with van der Waals surface area (Å²) in [5, 5.41) is 9.55. The zero-order chi connectivity index (χ0) is 39.3. The summed E-state index contributed by atoms with van der Waals surface area (Å²) in [6.45, 7) is 3.81. The molecule has 0 fully saturated rings. The maximum Gasteiger partial charge on any atom is 0.306 e. The zero-order valence-electron chi connectivity index (χ0n) is 33.9. The Labute approximate surface area is 330 Å². The van der Waals surface area contributed by atoms with Gasteiger partial charge in [0.15, 0.2) is 6.10 Å². The first-order valence-corrected chi connectivity index (χ1v) is 20.7. The Hall–Kier alpha value is -3.96. The summed E-state index contributed by atoms with van der Waals surface area (Å²) in [5.74, 6) is -0.694. The molecule has 0 aliphatic carbocycles. The van der Waals surface area contributed by atoms with E-state index in [1.54, 1.807) is 0 Å². The molecule has 0 aliphatic rings. The van der Waals surface area contributed by atoms with Crippen molar-refractivity contribution in [3.8, 4) is 0 Å². The summed E-state index contributed by atoms with van der Waals surface area (Å²) >= 11 is 0. The molecule has 300 valence electrons. The lowest BCUT2D eigenvalue weighted by Gasteiger charge is -2.15. The minimum atomic E-state index is -0.817. The molecule has 1 atom stereocenters. The molecule has 5 nitrogen and oxygen atoms in total. The Kier molecular flexibility index (Phi) is 40.3. The number of esters is 2.